The minimum atomic E-state index is 0.223. The van der Waals surface area contributed by atoms with E-state index < -0.39 is 0 Å². The Morgan fingerprint density at radius 2 is 2.50 bits per heavy atom. The Hall–Kier alpha value is -0.900. The van der Waals surface area contributed by atoms with Crippen LogP contribution in [0.4, 0.5) is 0 Å². The summed E-state index contributed by atoms with van der Waals surface area (Å²) >= 11 is 0. The molecule has 2 aliphatic rings. The van der Waals surface area contributed by atoms with Crippen molar-refractivity contribution in [2.24, 2.45) is 5.92 Å². The van der Waals surface area contributed by atoms with E-state index in [2.05, 4.69) is 15.5 Å². The molecular weight excluding hydrogens is 154 g/mol. The number of nitrogens with one attached hydrogen (secondary N) is 1. The van der Waals surface area contributed by atoms with Crippen LogP contribution in [0.15, 0.2) is 4.42 Å². The smallest absolute Gasteiger partial charge is 0.224 e. The summed E-state index contributed by atoms with van der Waals surface area (Å²) in [5.41, 5.74) is 0.223. The molecule has 0 aromatic carbocycles. The zero-order valence-electron chi connectivity index (χ0n) is 7.00. The van der Waals surface area contributed by atoms with E-state index in [9.17, 15) is 0 Å². The number of hydrogen-bond acceptors (Lipinski definition) is 4. The first-order valence-corrected chi connectivity index (χ1v) is 4.32. The first kappa shape index (κ1) is 6.60. The maximum Gasteiger partial charge on any atom is 0.224 e. The maximum atomic E-state index is 5.45. The van der Waals surface area contributed by atoms with Crippen molar-refractivity contribution in [1.82, 2.24) is 15.5 Å². The van der Waals surface area contributed by atoms with Gasteiger partial charge in [-0.05, 0) is 18.9 Å². The Morgan fingerprint density at radius 3 is 3.00 bits per heavy atom. The fraction of sp³-hybridized carbons (Fsp3) is 0.750. The average Bonchev–Trinajstić information content (AvgIpc) is 2.50. The molecule has 1 aliphatic heterocycles. The van der Waals surface area contributed by atoms with Crippen LogP contribution in [0.3, 0.4) is 0 Å². The Labute approximate surface area is 70.4 Å². The van der Waals surface area contributed by atoms with Gasteiger partial charge in [0.2, 0.25) is 11.8 Å². The normalized spacial score (nSPS) is 38.2. The van der Waals surface area contributed by atoms with Gasteiger partial charge in [-0.3, -0.25) is 0 Å². The molecule has 2 unspecified atom stereocenters. The average molecular weight is 165 g/mol. The van der Waals surface area contributed by atoms with Crippen LogP contribution in [0.5, 0.6) is 0 Å². The lowest BCUT2D eigenvalue weighted by Crippen LogP contribution is -2.19. The summed E-state index contributed by atoms with van der Waals surface area (Å²) in [7, 11) is 0. The lowest BCUT2D eigenvalue weighted by Gasteiger charge is -2.03. The molecule has 1 aromatic heterocycles. The van der Waals surface area contributed by atoms with Crippen LogP contribution in [0.1, 0.15) is 18.2 Å². The molecule has 1 aromatic rings. The van der Waals surface area contributed by atoms with E-state index in [1.807, 2.05) is 6.92 Å². The highest BCUT2D eigenvalue weighted by molar-refractivity contribution is 5.25. The summed E-state index contributed by atoms with van der Waals surface area (Å²) in [5.74, 6) is 2.27. The van der Waals surface area contributed by atoms with Gasteiger partial charge >= 0.3 is 0 Å². The maximum absolute atomic E-state index is 5.45. The number of fused-ring (bicyclic) bond motifs is 1. The van der Waals surface area contributed by atoms with E-state index in [1.54, 1.807) is 0 Å². The first-order chi connectivity index (χ1) is 5.81. The summed E-state index contributed by atoms with van der Waals surface area (Å²) in [4.78, 5) is 0. The third kappa shape index (κ3) is 0.659. The van der Waals surface area contributed by atoms with Gasteiger partial charge in [0, 0.05) is 13.5 Å². The van der Waals surface area contributed by atoms with Crippen LogP contribution in [0.25, 0.3) is 0 Å². The van der Waals surface area contributed by atoms with E-state index >= 15 is 0 Å². The van der Waals surface area contributed by atoms with Gasteiger partial charge in [-0.15, -0.1) is 10.2 Å². The van der Waals surface area contributed by atoms with Crippen LogP contribution in [-0.4, -0.2) is 23.3 Å². The molecule has 2 heterocycles. The van der Waals surface area contributed by atoms with Crippen molar-refractivity contribution in [2.45, 2.75) is 18.8 Å². The number of piperidine rings is 1. The van der Waals surface area contributed by atoms with E-state index in [0.717, 1.165) is 24.9 Å². The monoisotopic (exact) mass is 165 g/mol. The molecule has 0 amide bonds. The van der Waals surface area contributed by atoms with Crippen LogP contribution < -0.4 is 5.32 Å². The Bertz CT molecular complexity index is 322. The molecule has 64 valence electrons. The number of aromatic nitrogens is 2. The van der Waals surface area contributed by atoms with Crippen molar-refractivity contribution in [3.63, 3.8) is 0 Å². The number of rotatable bonds is 1. The van der Waals surface area contributed by atoms with Gasteiger partial charge in [0.15, 0.2) is 0 Å². The zero-order chi connectivity index (χ0) is 8.18. The van der Waals surface area contributed by atoms with Crippen molar-refractivity contribution in [3.8, 4) is 0 Å². The Kier molecular flexibility index (Phi) is 1.03. The van der Waals surface area contributed by atoms with Gasteiger partial charge < -0.3 is 9.73 Å². The summed E-state index contributed by atoms with van der Waals surface area (Å²) in [6.45, 7) is 3.97. The van der Waals surface area contributed by atoms with Gasteiger partial charge in [0.25, 0.3) is 0 Å². The van der Waals surface area contributed by atoms with Crippen molar-refractivity contribution >= 4 is 0 Å². The quantitative estimate of drug-likeness (QED) is 0.647. The molecule has 12 heavy (non-hydrogen) atoms. The Morgan fingerprint density at radius 1 is 1.58 bits per heavy atom. The van der Waals surface area contributed by atoms with Crippen LogP contribution in [0.2, 0.25) is 0 Å². The molecule has 1 aliphatic carbocycles. The molecule has 1 saturated carbocycles. The van der Waals surface area contributed by atoms with Crippen LogP contribution in [-0.2, 0) is 5.41 Å². The molecule has 2 fully saturated rings. The second-order valence-electron chi connectivity index (χ2n) is 3.81. The molecule has 0 bridgehead atoms. The fourth-order valence-electron chi connectivity index (χ4n) is 2.17. The third-order valence-corrected chi connectivity index (χ3v) is 3.02. The number of hydrogen-bond donors (Lipinski definition) is 1. The number of aryl methyl sites for hydroxylation is 1. The second-order valence-corrected chi connectivity index (χ2v) is 3.81. The molecule has 2 atom stereocenters. The fourth-order valence-corrected chi connectivity index (χ4v) is 2.17. The molecule has 4 heteroatoms. The minimum absolute atomic E-state index is 0.223. The molecular formula is C8H11N3O. The van der Waals surface area contributed by atoms with Crippen molar-refractivity contribution in [2.75, 3.05) is 13.1 Å². The predicted molar refractivity (Wildman–Crippen MR) is 41.7 cm³/mol. The van der Waals surface area contributed by atoms with Gasteiger partial charge in [0.1, 0.15) is 0 Å². The van der Waals surface area contributed by atoms with Gasteiger partial charge in [0.05, 0.1) is 5.41 Å². The highest BCUT2D eigenvalue weighted by Gasteiger charge is 2.61. The first-order valence-electron chi connectivity index (χ1n) is 4.32. The van der Waals surface area contributed by atoms with Gasteiger partial charge in [-0.2, -0.15) is 0 Å². The van der Waals surface area contributed by atoms with Crippen LogP contribution >= 0.6 is 0 Å². The highest BCUT2D eigenvalue weighted by Crippen LogP contribution is 2.55. The molecule has 1 N–H and O–H groups in total. The summed E-state index contributed by atoms with van der Waals surface area (Å²) in [6.07, 6.45) is 1.22. The van der Waals surface area contributed by atoms with Crippen molar-refractivity contribution in [1.29, 1.82) is 0 Å². The van der Waals surface area contributed by atoms with E-state index in [4.69, 9.17) is 4.42 Å². The van der Waals surface area contributed by atoms with Gasteiger partial charge in [-0.1, -0.05) is 0 Å². The highest BCUT2D eigenvalue weighted by atomic mass is 16.4. The molecule has 3 rings (SSSR count). The largest absolute Gasteiger partial charge is 0.425 e. The van der Waals surface area contributed by atoms with Crippen LogP contribution in [0, 0.1) is 12.8 Å². The van der Waals surface area contributed by atoms with Gasteiger partial charge in [-0.25, -0.2) is 0 Å². The van der Waals surface area contributed by atoms with Crippen molar-refractivity contribution in [3.05, 3.63) is 11.8 Å². The second kappa shape index (κ2) is 1.88. The van der Waals surface area contributed by atoms with E-state index in [1.165, 1.54) is 6.42 Å². The molecule has 0 radical (unpaired) electrons. The molecule has 0 spiro atoms. The van der Waals surface area contributed by atoms with E-state index in [-0.39, 0.29) is 5.41 Å². The van der Waals surface area contributed by atoms with Crippen molar-refractivity contribution < 1.29 is 4.42 Å². The predicted octanol–water partition coefficient (Wildman–Crippen LogP) is 0.239. The topological polar surface area (TPSA) is 51.0 Å². The lowest BCUT2D eigenvalue weighted by molar-refractivity contribution is 0.417. The lowest BCUT2D eigenvalue weighted by atomic mass is 10.1. The van der Waals surface area contributed by atoms with E-state index in [0.29, 0.717) is 5.89 Å². The Balaban J connectivity index is 1.99. The zero-order valence-corrected chi connectivity index (χ0v) is 7.00. The summed E-state index contributed by atoms with van der Waals surface area (Å²) in [5, 5.41) is 11.3. The third-order valence-electron chi connectivity index (χ3n) is 3.02. The number of nitrogens with zero attached hydrogens (tertiary/aromatic N) is 2. The standard InChI is InChI=1S/C8H11N3O/c1-5-10-11-7(12-5)8-2-6(8)3-9-4-8/h6,9H,2-4H2,1H3. The SMILES string of the molecule is Cc1nnc(C23CNCC2C3)o1. The summed E-state index contributed by atoms with van der Waals surface area (Å²) < 4.78 is 5.45. The summed E-state index contributed by atoms with van der Waals surface area (Å²) in [6, 6.07) is 0. The molecule has 4 nitrogen and oxygen atoms in total. The minimum Gasteiger partial charge on any atom is -0.425 e. The molecule has 1 saturated heterocycles.